The van der Waals surface area contributed by atoms with Crippen LogP contribution >= 0.6 is 0 Å². The van der Waals surface area contributed by atoms with E-state index in [1.54, 1.807) is 18.2 Å². The fourth-order valence-electron chi connectivity index (χ4n) is 2.16. The van der Waals surface area contributed by atoms with Crippen LogP contribution in [-0.2, 0) is 0 Å². The van der Waals surface area contributed by atoms with Gasteiger partial charge < -0.3 is 15.4 Å². The van der Waals surface area contributed by atoms with Crippen molar-refractivity contribution in [2.75, 3.05) is 32.1 Å². The monoisotopic (exact) mass is 251 g/mol. The van der Waals surface area contributed by atoms with Crippen LogP contribution in [0.1, 0.15) is 6.42 Å². The van der Waals surface area contributed by atoms with Crippen molar-refractivity contribution in [2.45, 2.75) is 6.42 Å². The summed E-state index contributed by atoms with van der Waals surface area (Å²) in [4.78, 5) is 10.7. The molecule has 1 fully saturated rings. The van der Waals surface area contributed by atoms with E-state index in [1.165, 1.54) is 7.11 Å². The summed E-state index contributed by atoms with van der Waals surface area (Å²) in [6.45, 7) is 2.72. The van der Waals surface area contributed by atoms with Crippen molar-refractivity contribution < 1.29 is 9.66 Å². The Morgan fingerprint density at radius 3 is 3.06 bits per heavy atom. The topological polar surface area (TPSA) is 76.4 Å². The first kappa shape index (κ1) is 12.6. The number of hydrogen-bond donors (Lipinski definition) is 2. The van der Waals surface area contributed by atoms with Crippen LogP contribution < -0.4 is 15.4 Å². The van der Waals surface area contributed by atoms with Crippen molar-refractivity contribution in [1.29, 1.82) is 0 Å². The molecule has 6 heteroatoms. The third-order valence-corrected chi connectivity index (χ3v) is 3.15. The standard InChI is InChI=1S/C12H17N3O3/c1-18-11-4-2-3-10(12(11)15(16)17)14-8-9-5-6-13-7-9/h2-4,9,13-14H,5-8H2,1H3/t9-/m1/s1. The summed E-state index contributed by atoms with van der Waals surface area (Å²) in [5, 5.41) is 17.5. The number of nitro benzene ring substituents is 1. The average molecular weight is 251 g/mol. The Kier molecular flexibility index (Phi) is 3.99. The molecule has 98 valence electrons. The van der Waals surface area contributed by atoms with Gasteiger partial charge in [0.15, 0.2) is 5.75 Å². The van der Waals surface area contributed by atoms with E-state index in [0.717, 1.165) is 26.1 Å². The lowest BCUT2D eigenvalue weighted by Gasteiger charge is -2.12. The zero-order chi connectivity index (χ0) is 13.0. The molecule has 0 bridgehead atoms. The van der Waals surface area contributed by atoms with E-state index in [2.05, 4.69) is 10.6 Å². The van der Waals surface area contributed by atoms with Gasteiger partial charge in [-0.2, -0.15) is 0 Å². The maximum absolute atomic E-state index is 11.1. The molecule has 0 unspecified atom stereocenters. The fourth-order valence-corrected chi connectivity index (χ4v) is 2.16. The highest BCUT2D eigenvalue weighted by Crippen LogP contribution is 2.34. The van der Waals surface area contributed by atoms with E-state index in [9.17, 15) is 10.1 Å². The van der Waals surface area contributed by atoms with Gasteiger partial charge in [0, 0.05) is 6.54 Å². The van der Waals surface area contributed by atoms with Crippen LogP contribution in [0, 0.1) is 16.0 Å². The molecule has 18 heavy (non-hydrogen) atoms. The molecule has 1 saturated heterocycles. The van der Waals surface area contributed by atoms with Gasteiger partial charge in [0.1, 0.15) is 5.69 Å². The second-order valence-electron chi connectivity index (χ2n) is 4.35. The summed E-state index contributed by atoms with van der Waals surface area (Å²) in [7, 11) is 1.44. The Balaban J connectivity index is 2.13. The number of ether oxygens (including phenoxy) is 1. The van der Waals surface area contributed by atoms with Gasteiger partial charge in [0.2, 0.25) is 0 Å². The third kappa shape index (κ3) is 2.70. The van der Waals surface area contributed by atoms with Crippen LogP contribution in [0.15, 0.2) is 18.2 Å². The van der Waals surface area contributed by atoms with Crippen LogP contribution in [0.4, 0.5) is 11.4 Å². The second-order valence-corrected chi connectivity index (χ2v) is 4.35. The summed E-state index contributed by atoms with van der Waals surface area (Å²) < 4.78 is 5.03. The number of nitro groups is 1. The predicted octanol–water partition coefficient (Wildman–Crippen LogP) is 1.62. The summed E-state index contributed by atoms with van der Waals surface area (Å²) in [6.07, 6.45) is 1.10. The molecule has 1 atom stereocenters. The van der Waals surface area contributed by atoms with Gasteiger partial charge in [-0.05, 0) is 37.6 Å². The van der Waals surface area contributed by atoms with Crippen molar-refractivity contribution in [3.63, 3.8) is 0 Å². The van der Waals surface area contributed by atoms with E-state index >= 15 is 0 Å². The van der Waals surface area contributed by atoms with Crippen molar-refractivity contribution in [3.05, 3.63) is 28.3 Å². The highest BCUT2D eigenvalue weighted by molar-refractivity contribution is 5.68. The van der Waals surface area contributed by atoms with E-state index in [1.807, 2.05) is 0 Å². The molecular formula is C12H17N3O3. The molecule has 0 aliphatic carbocycles. The summed E-state index contributed by atoms with van der Waals surface area (Å²) in [5.74, 6) is 0.811. The number of hydrogen-bond acceptors (Lipinski definition) is 5. The molecular weight excluding hydrogens is 234 g/mol. The molecule has 0 radical (unpaired) electrons. The maximum Gasteiger partial charge on any atom is 0.333 e. The van der Waals surface area contributed by atoms with Crippen molar-refractivity contribution in [2.24, 2.45) is 5.92 Å². The number of para-hydroxylation sites is 1. The summed E-state index contributed by atoms with van der Waals surface area (Å²) >= 11 is 0. The smallest absolute Gasteiger partial charge is 0.333 e. The molecule has 1 aliphatic heterocycles. The highest BCUT2D eigenvalue weighted by Gasteiger charge is 2.21. The quantitative estimate of drug-likeness (QED) is 0.614. The molecule has 2 N–H and O–H groups in total. The number of benzene rings is 1. The SMILES string of the molecule is COc1cccc(NC[C@@H]2CCNC2)c1[N+](=O)[O-]. The molecule has 1 aliphatic rings. The Morgan fingerprint density at radius 2 is 2.44 bits per heavy atom. The lowest BCUT2D eigenvalue weighted by molar-refractivity contribution is -0.384. The Hall–Kier alpha value is -1.82. The Morgan fingerprint density at radius 1 is 1.61 bits per heavy atom. The van der Waals surface area contributed by atoms with E-state index in [-0.39, 0.29) is 11.4 Å². The molecule has 0 spiro atoms. The van der Waals surface area contributed by atoms with Crippen molar-refractivity contribution in [1.82, 2.24) is 5.32 Å². The minimum absolute atomic E-state index is 0.00551. The fraction of sp³-hybridized carbons (Fsp3) is 0.500. The number of methoxy groups -OCH3 is 1. The molecule has 2 rings (SSSR count). The van der Waals surface area contributed by atoms with Crippen LogP contribution in [0.3, 0.4) is 0 Å². The first-order valence-corrected chi connectivity index (χ1v) is 5.98. The summed E-state index contributed by atoms with van der Waals surface area (Å²) in [5.41, 5.74) is 0.525. The molecule has 0 aromatic heterocycles. The van der Waals surface area contributed by atoms with E-state index in [0.29, 0.717) is 11.6 Å². The van der Waals surface area contributed by atoms with Crippen LogP contribution in [0.5, 0.6) is 5.75 Å². The van der Waals surface area contributed by atoms with Gasteiger partial charge in [-0.1, -0.05) is 6.07 Å². The first-order valence-electron chi connectivity index (χ1n) is 5.98. The lowest BCUT2D eigenvalue weighted by atomic mass is 10.1. The Labute approximate surface area is 105 Å². The van der Waals surface area contributed by atoms with Gasteiger partial charge >= 0.3 is 5.69 Å². The minimum atomic E-state index is -0.409. The van der Waals surface area contributed by atoms with E-state index < -0.39 is 4.92 Å². The van der Waals surface area contributed by atoms with Gasteiger partial charge in [-0.15, -0.1) is 0 Å². The summed E-state index contributed by atoms with van der Waals surface area (Å²) in [6, 6.07) is 5.06. The zero-order valence-corrected chi connectivity index (χ0v) is 10.3. The second kappa shape index (κ2) is 5.68. The number of anilines is 1. The normalized spacial score (nSPS) is 18.6. The van der Waals surface area contributed by atoms with Crippen LogP contribution in [0.25, 0.3) is 0 Å². The lowest BCUT2D eigenvalue weighted by Crippen LogP contribution is -2.17. The van der Waals surface area contributed by atoms with Crippen molar-refractivity contribution in [3.8, 4) is 5.75 Å². The molecule has 0 saturated carbocycles. The average Bonchev–Trinajstić information content (AvgIpc) is 2.88. The predicted molar refractivity (Wildman–Crippen MR) is 69.1 cm³/mol. The zero-order valence-electron chi connectivity index (χ0n) is 10.3. The van der Waals surface area contributed by atoms with Gasteiger partial charge in [0.05, 0.1) is 12.0 Å². The number of nitrogens with zero attached hydrogens (tertiary/aromatic N) is 1. The molecule has 1 heterocycles. The molecule has 0 amide bonds. The third-order valence-electron chi connectivity index (χ3n) is 3.15. The molecule has 6 nitrogen and oxygen atoms in total. The number of rotatable bonds is 5. The van der Waals surface area contributed by atoms with Gasteiger partial charge in [-0.25, -0.2) is 0 Å². The van der Waals surface area contributed by atoms with Crippen LogP contribution in [-0.4, -0.2) is 31.7 Å². The van der Waals surface area contributed by atoms with Crippen LogP contribution in [0.2, 0.25) is 0 Å². The van der Waals surface area contributed by atoms with Crippen molar-refractivity contribution >= 4 is 11.4 Å². The maximum atomic E-state index is 11.1. The largest absolute Gasteiger partial charge is 0.490 e. The highest BCUT2D eigenvalue weighted by atomic mass is 16.6. The first-order chi connectivity index (χ1) is 8.72. The minimum Gasteiger partial charge on any atom is -0.490 e. The number of nitrogens with one attached hydrogen (secondary N) is 2. The molecule has 1 aromatic rings. The van der Waals surface area contributed by atoms with Gasteiger partial charge in [-0.3, -0.25) is 10.1 Å². The van der Waals surface area contributed by atoms with Gasteiger partial charge in [0.25, 0.3) is 0 Å². The van der Waals surface area contributed by atoms with E-state index in [4.69, 9.17) is 4.74 Å². The molecule has 1 aromatic carbocycles. The Bertz CT molecular complexity index is 431.